The lowest BCUT2D eigenvalue weighted by Crippen LogP contribution is -2.38. The summed E-state index contributed by atoms with van der Waals surface area (Å²) in [6.45, 7) is 9.62. The third kappa shape index (κ3) is 3.26. The van der Waals surface area contributed by atoms with Gasteiger partial charge >= 0.3 is 0 Å². The zero-order valence-corrected chi connectivity index (χ0v) is 10.9. The van der Waals surface area contributed by atoms with E-state index in [9.17, 15) is 0 Å². The molecule has 17 heavy (non-hydrogen) atoms. The number of likely N-dealkylation sites (tertiary alicyclic amines) is 1. The highest BCUT2D eigenvalue weighted by molar-refractivity contribution is 4.84. The number of hydrogen-bond donors (Lipinski definition) is 1. The van der Waals surface area contributed by atoms with Crippen LogP contribution < -0.4 is 5.32 Å². The van der Waals surface area contributed by atoms with Gasteiger partial charge in [0.05, 0.1) is 6.54 Å². The van der Waals surface area contributed by atoms with E-state index in [0.717, 1.165) is 25.5 Å². The maximum absolute atomic E-state index is 4.26. The Morgan fingerprint density at radius 2 is 2.18 bits per heavy atom. The third-order valence-corrected chi connectivity index (χ3v) is 3.48. The van der Waals surface area contributed by atoms with E-state index < -0.39 is 0 Å². The maximum Gasteiger partial charge on any atom is 0.140 e. The number of nitrogens with one attached hydrogen (secondary N) is 1. The Morgan fingerprint density at radius 1 is 1.41 bits per heavy atom. The van der Waals surface area contributed by atoms with Crippen molar-refractivity contribution in [3.8, 4) is 0 Å². The van der Waals surface area contributed by atoms with Gasteiger partial charge in [-0.1, -0.05) is 0 Å². The van der Waals surface area contributed by atoms with Gasteiger partial charge in [-0.05, 0) is 39.8 Å². The summed E-state index contributed by atoms with van der Waals surface area (Å²) in [5.74, 6) is 1.03. The second-order valence-electron chi connectivity index (χ2n) is 4.72. The van der Waals surface area contributed by atoms with Crippen LogP contribution in [0.15, 0.2) is 6.33 Å². The second-order valence-corrected chi connectivity index (χ2v) is 4.72. The molecule has 5 nitrogen and oxygen atoms in total. The van der Waals surface area contributed by atoms with Gasteiger partial charge in [-0.3, -0.25) is 4.90 Å². The van der Waals surface area contributed by atoms with Gasteiger partial charge in [0.25, 0.3) is 0 Å². The average Bonchev–Trinajstić information content (AvgIpc) is 2.99. The lowest BCUT2D eigenvalue weighted by Gasteiger charge is -2.23. The molecule has 0 saturated carbocycles. The summed E-state index contributed by atoms with van der Waals surface area (Å²) in [5, 5.41) is 7.64. The number of nitrogens with zero attached hydrogens (tertiary/aromatic N) is 4. The summed E-state index contributed by atoms with van der Waals surface area (Å²) in [6.07, 6.45) is 4.34. The molecule has 0 radical (unpaired) electrons. The Bertz CT molecular complexity index is 329. The molecule has 1 atom stereocenters. The van der Waals surface area contributed by atoms with Crippen molar-refractivity contribution in [2.24, 2.45) is 0 Å². The Balaban J connectivity index is 1.71. The molecule has 1 aliphatic rings. The summed E-state index contributed by atoms with van der Waals surface area (Å²) in [7, 11) is 0. The second kappa shape index (κ2) is 6.12. The lowest BCUT2D eigenvalue weighted by atomic mass is 10.3. The molecule has 96 valence electrons. The van der Waals surface area contributed by atoms with Crippen molar-refractivity contribution in [2.75, 3.05) is 19.6 Å². The van der Waals surface area contributed by atoms with E-state index in [2.05, 4.69) is 34.1 Å². The topological polar surface area (TPSA) is 46.0 Å². The SMILES string of the molecule is CCn1ncnc1CNCC(C)N1CCCC1. The molecule has 2 heterocycles. The normalized spacial score (nSPS) is 18.7. The molecule has 1 aromatic rings. The monoisotopic (exact) mass is 237 g/mol. The molecule has 0 amide bonds. The molecule has 1 aliphatic heterocycles. The van der Waals surface area contributed by atoms with Gasteiger partial charge in [0, 0.05) is 19.1 Å². The molecule has 0 bridgehead atoms. The standard InChI is InChI=1S/C12H23N5/c1-3-17-12(14-10-15-17)9-13-8-11(2)16-6-4-5-7-16/h10-11,13H,3-9H2,1-2H3. The van der Waals surface area contributed by atoms with Crippen LogP contribution >= 0.6 is 0 Å². The first kappa shape index (κ1) is 12.5. The van der Waals surface area contributed by atoms with Crippen LogP contribution in [0.25, 0.3) is 0 Å². The third-order valence-electron chi connectivity index (χ3n) is 3.48. The maximum atomic E-state index is 4.26. The van der Waals surface area contributed by atoms with Gasteiger partial charge in [-0.15, -0.1) is 0 Å². The molecule has 5 heteroatoms. The summed E-state index contributed by atoms with van der Waals surface area (Å²) in [4.78, 5) is 6.81. The molecule has 1 fully saturated rings. The minimum absolute atomic E-state index is 0.621. The summed E-state index contributed by atoms with van der Waals surface area (Å²) in [5.41, 5.74) is 0. The fraction of sp³-hybridized carbons (Fsp3) is 0.833. The van der Waals surface area contributed by atoms with Crippen LogP contribution in [0, 0.1) is 0 Å². The molecule has 2 rings (SSSR count). The van der Waals surface area contributed by atoms with Crippen molar-refractivity contribution in [2.45, 2.75) is 45.8 Å². The van der Waals surface area contributed by atoms with Gasteiger partial charge in [-0.25, -0.2) is 9.67 Å². The van der Waals surface area contributed by atoms with Crippen LogP contribution in [-0.2, 0) is 13.1 Å². The van der Waals surface area contributed by atoms with E-state index in [1.807, 2.05) is 4.68 Å². The van der Waals surface area contributed by atoms with Crippen LogP contribution in [0.5, 0.6) is 0 Å². The zero-order valence-electron chi connectivity index (χ0n) is 10.9. The summed E-state index contributed by atoms with van der Waals surface area (Å²) < 4.78 is 1.94. The predicted molar refractivity (Wildman–Crippen MR) is 67.7 cm³/mol. The molecule has 0 spiro atoms. The largest absolute Gasteiger partial charge is 0.308 e. The Morgan fingerprint density at radius 3 is 2.88 bits per heavy atom. The quantitative estimate of drug-likeness (QED) is 0.797. The number of aromatic nitrogens is 3. The van der Waals surface area contributed by atoms with E-state index in [4.69, 9.17) is 0 Å². The van der Waals surface area contributed by atoms with Crippen molar-refractivity contribution in [3.63, 3.8) is 0 Å². The van der Waals surface area contributed by atoms with Gasteiger partial charge in [-0.2, -0.15) is 5.10 Å². The van der Waals surface area contributed by atoms with Crippen LogP contribution in [0.4, 0.5) is 0 Å². The van der Waals surface area contributed by atoms with Crippen LogP contribution in [0.1, 0.15) is 32.5 Å². The Hall–Kier alpha value is -0.940. The number of hydrogen-bond acceptors (Lipinski definition) is 4. The van der Waals surface area contributed by atoms with Gasteiger partial charge in [0.2, 0.25) is 0 Å². The van der Waals surface area contributed by atoms with Gasteiger partial charge in [0.1, 0.15) is 12.2 Å². The molecule has 1 N–H and O–H groups in total. The zero-order chi connectivity index (χ0) is 12.1. The first-order valence-electron chi connectivity index (χ1n) is 6.62. The molecule has 1 aromatic heterocycles. The lowest BCUT2D eigenvalue weighted by molar-refractivity contribution is 0.251. The van der Waals surface area contributed by atoms with E-state index in [-0.39, 0.29) is 0 Å². The molecule has 1 saturated heterocycles. The van der Waals surface area contributed by atoms with Gasteiger partial charge < -0.3 is 5.32 Å². The van der Waals surface area contributed by atoms with Crippen LogP contribution in [-0.4, -0.2) is 45.3 Å². The van der Waals surface area contributed by atoms with Crippen LogP contribution in [0.3, 0.4) is 0 Å². The minimum atomic E-state index is 0.621. The van der Waals surface area contributed by atoms with Crippen molar-refractivity contribution < 1.29 is 0 Å². The summed E-state index contributed by atoms with van der Waals surface area (Å²) in [6, 6.07) is 0.621. The van der Waals surface area contributed by atoms with E-state index in [1.54, 1.807) is 6.33 Å². The van der Waals surface area contributed by atoms with Crippen LogP contribution in [0.2, 0.25) is 0 Å². The van der Waals surface area contributed by atoms with Crippen molar-refractivity contribution in [3.05, 3.63) is 12.2 Å². The smallest absolute Gasteiger partial charge is 0.140 e. The highest BCUT2D eigenvalue weighted by Gasteiger charge is 2.17. The highest BCUT2D eigenvalue weighted by Crippen LogP contribution is 2.10. The number of rotatable bonds is 6. The average molecular weight is 237 g/mol. The summed E-state index contributed by atoms with van der Waals surface area (Å²) >= 11 is 0. The fourth-order valence-electron chi connectivity index (χ4n) is 2.39. The van der Waals surface area contributed by atoms with E-state index in [1.165, 1.54) is 25.9 Å². The minimum Gasteiger partial charge on any atom is -0.308 e. The molecular formula is C12H23N5. The van der Waals surface area contributed by atoms with E-state index >= 15 is 0 Å². The molecule has 0 aliphatic carbocycles. The molecular weight excluding hydrogens is 214 g/mol. The number of aryl methyl sites for hydroxylation is 1. The predicted octanol–water partition coefficient (Wildman–Crippen LogP) is 0.872. The van der Waals surface area contributed by atoms with Crippen molar-refractivity contribution in [1.29, 1.82) is 0 Å². The van der Waals surface area contributed by atoms with Gasteiger partial charge in [0.15, 0.2) is 0 Å². The van der Waals surface area contributed by atoms with Crippen molar-refractivity contribution in [1.82, 2.24) is 25.0 Å². The van der Waals surface area contributed by atoms with Crippen molar-refractivity contribution >= 4 is 0 Å². The molecule has 0 aromatic carbocycles. The first-order valence-corrected chi connectivity index (χ1v) is 6.62. The Kier molecular flexibility index (Phi) is 4.50. The van der Waals surface area contributed by atoms with E-state index in [0.29, 0.717) is 6.04 Å². The Labute approximate surface area is 103 Å². The highest BCUT2D eigenvalue weighted by atomic mass is 15.3. The fourth-order valence-corrected chi connectivity index (χ4v) is 2.39. The molecule has 1 unspecified atom stereocenters. The first-order chi connectivity index (χ1) is 8.31.